The highest BCUT2D eigenvalue weighted by Crippen LogP contribution is 2.30. The van der Waals surface area contributed by atoms with E-state index in [0.717, 1.165) is 18.4 Å². The fourth-order valence-electron chi connectivity index (χ4n) is 2.98. The van der Waals surface area contributed by atoms with Gasteiger partial charge in [0.15, 0.2) is 11.5 Å². The van der Waals surface area contributed by atoms with Crippen molar-refractivity contribution >= 4 is 11.9 Å². The third-order valence-corrected chi connectivity index (χ3v) is 4.31. The van der Waals surface area contributed by atoms with Gasteiger partial charge in [0.25, 0.3) is 0 Å². The number of aliphatic carboxylic acids is 1. The Morgan fingerprint density at radius 2 is 1.87 bits per heavy atom. The molecule has 1 saturated carbocycles. The van der Waals surface area contributed by atoms with Crippen LogP contribution in [0.25, 0.3) is 0 Å². The van der Waals surface area contributed by atoms with Crippen molar-refractivity contribution < 1.29 is 24.2 Å². The molecule has 0 aromatic heterocycles. The lowest BCUT2D eigenvalue weighted by atomic mass is 9.81. The van der Waals surface area contributed by atoms with Crippen LogP contribution in [-0.2, 0) is 16.1 Å². The second-order valence-electron chi connectivity index (χ2n) is 5.81. The maximum atomic E-state index is 12.3. The third-order valence-electron chi connectivity index (χ3n) is 4.31. The molecule has 1 aliphatic rings. The molecule has 0 unspecified atom stereocenters. The van der Waals surface area contributed by atoms with Gasteiger partial charge in [-0.3, -0.25) is 9.59 Å². The van der Waals surface area contributed by atoms with E-state index in [1.54, 1.807) is 20.3 Å². The third kappa shape index (κ3) is 4.37. The van der Waals surface area contributed by atoms with Gasteiger partial charge in [-0.05, 0) is 37.0 Å². The van der Waals surface area contributed by atoms with Crippen LogP contribution in [0.3, 0.4) is 0 Å². The molecule has 0 bridgehead atoms. The molecule has 1 aromatic rings. The Morgan fingerprint density at radius 3 is 2.52 bits per heavy atom. The number of carboxylic acids is 1. The summed E-state index contributed by atoms with van der Waals surface area (Å²) in [5.41, 5.74) is 0.904. The number of methoxy groups -OCH3 is 2. The number of amides is 1. The molecule has 23 heavy (non-hydrogen) atoms. The minimum absolute atomic E-state index is 0.0780. The van der Waals surface area contributed by atoms with Crippen LogP contribution in [0.15, 0.2) is 18.2 Å². The number of carboxylic acid groups (broad SMARTS) is 1. The molecule has 0 spiro atoms. The van der Waals surface area contributed by atoms with E-state index in [4.69, 9.17) is 14.6 Å². The molecule has 1 fully saturated rings. The summed E-state index contributed by atoms with van der Waals surface area (Å²) >= 11 is 0. The summed E-state index contributed by atoms with van der Waals surface area (Å²) in [6, 6.07) is 5.48. The van der Waals surface area contributed by atoms with Gasteiger partial charge in [-0.2, -0.15) is 0 Å². The lowest BCUT2D eigenvalue weighted by Gasteiger charge is -2.25. The Kier molecular flexibility index (Phi) is 5.84. The number of hydrogen-bond acceptors (Lipinski definition) is 4. The van der Waals surface area contributed by atoms with E-state index in [-0.39, 0.29) is 11.8 Å². The smallest absolute Gasteiger partial charge is 0.306 e. The van der Waals surface area contributed by atoms with Gasteiger partial charge >= 0.3 is 5.97 Å². The molecule has 2 atom stereocenters. The molecule has 0 saturated heterocycles. The van der Waals surface area contributed by atoms with Gasteiger partial charge in [-0.1, -0.05) is 12.5 Å². The standard InChI is InChI=1S/C17H23NO5/c1-22-14-7-6-11(8-15(14)23-2)10-18-16(19)12-4-3-5-13(9-12)17(20)21/h6-8,12-13H,3-5,9-10H2,1-2H3,(H,18,19)(H,20,21)/t12-,13-/m0/s1. The van der Waals surface area contributed by atoms with Crippen molar-refractivity contribution in [3.8, 4) is 11.5 Å². The molecular weight excluding hydrogens is 298 g/mol. The molecule has 6 nitrogen and oxygen atoms in total. The highest BCUT2D eigenvalue weighted by Gasteiger charge is 2.30. The molecular formula is C17H23NO5. The zero-order valence-corrected chi connectivity index (χ0v) is 13.5. The normalized spacial score (nSPS) is 20.6. The Hall–Kier alpha value is -2.24. The molecule has 1 amide bonds. The average Bonchev–Trinajstić information content (AvgIpc) is 2.59. The quantitative estimate of drug-likeness (QED) is 0.839. The molecule has 126 valence electrons. The van der Waals surface area contributed by atoms with Crippen LogP contribution in [0, 0.1) is 11.8 Å². The number of carbonyl (C=O) groups excluding carboxylic acids is 1. The SMILES string of the molecule is COc1ccc(CNC(=O)[C@H]2CCC[C@H](C(=O)O)C2)cc1OC. The lowest BCUT2D eigenvalue weighted by Crippen LogP contribution is -2.35. The van der Waals surface area contributed by atoms with Gasteiger partial charge in [-0.25, -0.2) is 0 Å². The lowest BCUT2D eigenvalue weighted by molar-refractivity contribution is -0.144. The van der Waals surface area contributed by atoms with Crippen LogP contribution in [0.5, 0.6) is 11.5 Å². The molecule has 2 rings (SSSR count). The van der Waals surface area contributed by atoms with Crippen LogP contribution >= 0.6 is 0 Å². The van der Waals surface area contributed by atoms with E-state index in [1.165, 1.54) is 0 Å². The predicted molar refractivity (Wildman–Crippen MR) is 84.5 cm³/mol. The van der Waals surface area contributed by atoms with Crippen LogP contribution in [0.4, 0.5) is 0 Å². The maximum absolute atomic E-state index is 12.3. The first-order valence-electron chi connectivity index (χ1n) is 7.76. The fourth-order valence-corrected chi connectivity index (χ4v) is 2.98. The number of carbonyl (C=O) groups is 2. The summed E-state index contributed by atoms with van der Waals surface area (Å²) in [6.07, 6.45) is 2.62. The highest BCUT2D eigenvalue weighted by molar-refractivity contribution is 5.80. The monoisotopic (exact) mass is 321 g/mol. The summed E-state index contributed by atoms with van der Waals surface area (Å²) in [7, 11) is 3.13. The van der Waals surface area contributed by atoms with Crippen molar-refractivity contribution in [1.82, 2.24) is 5.32 Å². The highest BCUT2D eigenvalue weighted by atomic mass is 16.5. The van der Waals surface area contributed by atoms with Crippen molar-refractivity contribution in [3.63, 3.8) is 0 Å². The van der Waals surface area contributed by atoms with E-state index in [2.05, 4.69) is 5.32 Å². The largest absolute Gasteiger partial charge is 0.493 e. The van der Waals surface area contributed by atoms with Gasteiger partial charge in [-0.15, -0.1) is 0 Å². The van der Waals surface area contributed by atoms with Gasteiger partial charge in [0.2, 0.25) is 5.91 Å². The molecule has 1 aliphatic carbocycles. The van der Waals surface area contributed by atoms with Crippen molar-refractivity contribution in [1.29, 1.82) is 0 Å². The van der Waals surface area contributed by atoms with Crippen LogP contribution in [0.2, 0.25) is 0 Å². The fraction of sp³-hybridized carbons (Fsp3) is 0.529. The van der Waals surface area contributed by atoms with Crippen LogP contribution in [0.1, 0.15) is 31.2 Å². The van der Waals surface area contributed by atoms with Gasteiger partial charge in [0.05, 0.1) is 20.1 Å². The zero-order chi connectivity index (χ0) is 16.8. The Labute approximate surface area is 135 Å². The Bertz CT molecular complexity index is 572. The topological polar surface area (TPSA) is 84.9 Å². The Morgan fingerprint density at radius 1 is 1.17 bits per heavy atom. The molecule has 0 heterocycles. The molecule has 1 aromatic carbocycles. The molecule has 6 heteroatoms. The minimum Gasteiger partial charge on any atom is -0.493 e. The summed E-state index contributed by atoms with van der Waals surface area (Å²) in [6.45, 7) is 0.382. The van der Waals surface area contributed by atoms with E-state index in [9.17, 15) is 9.59 Å². The van der Waals surface area contributed by atoms with E-state index < -0.39 is 11.9 Å². The van der Waals surface area contributed by atoms with Crippen LogP contribution in [-0.4, -0.2) is 31.2 Å². The first kappa shape index (κ1) is 17.1. The van der Waals surface area contributed by atoms with Crippen molar-refractivity contribution in [2.45, 2.75) is 32.2 Å². The van der Waals surface area contributed by atoms with Gasteiger partial charge in [0, 0.05) is 12.5 Å². The number of hydrogen-bond donors (Lipinski definition) is 2. The van der Waals surface area contributed by atoms with Gasteiger partial charge in [0.1, 0.15) is 0 Å². The molecule has 2 N–H and O–H groups in total. The Balaban J connectivity index is 1.92. The minimum atomic E-state index is -0.803. The summed E-state index contributed by atoms with van der Waals surface area (Å²) in [5.74, 6) is -0.249. The molecule has 0 radical (unpaired) electrons. The summed E-state index contributed by atoms with van der Waals surface area (Å²) < 4.78 is 10.4. The first-order valence-corrected chi connectivity index (χ1v) is 7.76. The second-order valence-corrected chi connectivity index (χ2v) is 5.81. The number of ether oxygens (including phenoxy) is 2. The second kappa shape index (κ2) is 7.85. The van der Waals surface area contributed by atoms with E-state index >= 15 is 0 Å². The van der Waals surface area contributed by atoms with Gasteiger partial charge < -0.3 is 19.9 Å². The van der Waals surface area contributed by atoms with Crippen molar-refractivity contribution in [2.75, 3.05) is 14.2 Å². The summed E-state index contributed by atoms with van der Waals surface area (Å²) in [5, 5.41) is 12.0. The van der Waals surface area contributed by atoms with Crippen molar-refractivity contribution in [3.05, 3.63) is 23.8 Å². The zero-order valence-electron chi connectivity index (χ0n) is 13.5. The first-order chi connectivity index (χ1) is 11.0. The number of benzene rings is 1. The van der Waals surface area contributed by atoms with E-state index in [1.807, 2.05) is 12.1 Å². The number of rotatable bonds is 6. The van der Waals surface area contributed by atoms with E-state index in [0.29, 0.717) is 30.9 Å². The predicted octanol–water partition coefficient (Wildman–Crippen LogP) is 2.21. The maximum Gasteiger partial charge on any atom is 0.306 e. The molecule has 0 aliphatic heterocycles. The summed E-state index contributed by atoms with van der Waals surface area (Å²) in [4.78, 5) is 23.3. The van der Waals surface area contributed by atoms with Crippen LogP contribution < -0.4 is 14.8 Å². The average molecular weight is 321 g/mol. The van der Waals surface area contributed by atoms with Crippen molar-refractivity contribution in [2.24, 2.45) is 11.8 Å². The number of nitrogens with one attached hydrogen (secondary N) is 1.